The minimum Gasteiger partial charge on any atom is -0.508 e. The topological polar surface area (TPSA) is 404 Å². The number of nitrogens with zero attached hydrogens (tertiary/aromatic N) is 18. The molecule has 0 amide bonds. The molecule has 9 heterocycles. The minimum atomic E-state index is -1.53. The number of ketones is 4. The summed E-state index contributed by atoms with van der Waals surface area (Å²) in [6, 6.07) is 11.8. The fraction of sp³-hybridized carbons (Fsp3) is 0.395. The van der Waals surface area contributed by atoms with Gasteiger partial charge in [0.1, 0.15) is 93.0 Å². The highest BCUT2D eigenvalue weighted by Crippen LogP contribution is 2.38. The predicted octanol–water partition coefficient (Wildman–Crippen LogP) is 11.3. The number of carbonyl (C=O) groups is 4. The molecular formula is C81H86BrF3N18O15S3. The van der Waals surface area contributed by atoms with E-state index in [2.05, 4.69) is 56.2 Å². The van der Waals surface area contributed by atoms with E-state index >= 15 is 0 Å². The van der Waals surface area contributed by atoms with E-state index in [0.717, 1.165) is 94.7 Å². The second-order valence-electron chi connectivity index (χ2n) is 30.5. The highest BCUT2D eigenvalue weighted by atomic mass is 79.9. The molecule has 636 valence electrons. The van der Waals surface area contributed by atoms with Crippen LogP contribution in [0.5, 0.6) is 17.2 Å². The number of Topliss-reactive ketones (excluding diaryl/α,β-unsaturated/α-hetero) is 4. The number of hydrogen-bond acceptors (Lipinski definition) is 25. The highest BCUT2D eigenvalue weighted by molar-refractivity contribution is 9.09. The van der Waals surface area contributed by atoms with Crippen LogP contribution in [0.1, 0.15) is 153 Å². The van der Waals surface area contributed by atoms with Gasteiger partial charge in [0.25, 0.3) is 16.7 Å². The number of phenolic OH excluding ortho intramolecular Hbond substituents is 1. The summed E-state index contributed by atoms with van der Waals surface area (Å²) in [4.78, 5) is 148. The molecule has 0 unspecified atom stereocenters. The maximum absolute atomic E-state index is 14.2. The number of phenols is 1. The summed E-state index contributed by atoms with van der Waals surface area (Å²) in [6.07, 6.45) is 6.28. The minimum absolute atomic E-state index is 0.00233. The summed E-state index contributed by atoms with van der Waals surface area (Å²) in [5.74, 6) is -3.92. The van der Waals surface area contributed by atoms with E-state index < -0.39 is 112 Å². The van der Waals surface area contributed by atoms with Gasteiger partial charge in [-0.15, -0.1) is 14.4 Å². The van der Waals surface area contributed by atoms with Crippen LogP contribution in [0.3, 0.4) is 0 Å². The lowest BCUT2D eigenvalue weighted by Crippen LogP contribution is -2.53. The van der Waals surface area contributed by atoms with Crippen molar-refractivity contribution in [1.82, 2.24) is 72.4 Å². The van der Waals surface area contributed by atoms with Crippen molar-refractivity contribution in [1.29, 1.82) is 5.26 Å². The molecule has 12 aromatic rings. The van der Waals surface area contributed by atoms with E-state index in [4.69, 9.17) is 27.9 Å². The van der Waals surface area contributed by atoms with Crippen molar-refractivity contribution in [2.45, 2.75) is 172 Å². The van der Waals surface area contributed by atoms with E-state index in [0.29, 0.717) is 37.0 Å². The average molecular weight is 1780 g/mol. The summed E-state index contributed by atoms with van der Waals surface area (Å²) in [5, 5.41) is 67.1. The van der Waals surface area contributed by atoms with Crippen LogP contribution in [0.25, 0.3) is 55.3 Å². The van der Waals surface area contributed by atoms with Gasteiger partial charge in [0.15, 0.2) is 23.1 Å². The lowest BCUT2D eigenvalue weighted by molar-refractivity contribution is -0.127. The quantitative estimate of drug-likeness (QED) is 0.0233. The third kappa shape index (κ3) is 19.5. The summed E-state index contributed by atoms with van der Waals surface area (Å²) < 4.78 is 59.1. The van der Waals surface area contributed by atoms with Gasteiger partial charge in [-0.2, -0.15) is 35.9 Å². The third-order valence-electron chi connectivity index (χ3n) is 19.4. The molecule has 0 bridgehead atoms. The molecule has 12 rings (SSSR count). The molecule has 3 aromatic carbocycles. The summed E-state index contributed by atoms with van der Waals surface area (Å²) in [5.41, 5.74) is -7.76. The Morgan fingerprint density at radius 2 is 0.818 bits per heavy atom. The molecule has 3 N–H and O–H groups in total. The van der Waals surface area contributed by atoms with Crippen LogP contribution in [-0.4, -0.2) is 130 Å². The van der Waals surface area contributed by atoms with E-state index in [1.807, 2.05) is 47.6 Å². The van der Waals surface area contributed by atoms with E-state index in [1.165, 1.54) is 114 Å². The van der Waals surface area contributed by atoms with Crippen LogP contribution in [0, 0.1) is 80.5 Å². The molecule has 2 atom stereocenters. The second-order valence-corrected chi connectivity index (χ2v) is 34.0. The van der Waals surface area contributed by atoms with Crippen molar-refractivity contribution in [3.8, 4) is 38.3 Å². The summed E-state index contributed by atoms with van der Waals surface area (Å²) in [6.45, 7) is 37.1. The number of halogens is 4. The maximum Gasteiger partial charge on any atom is 0.357 e. The van der Waals surface area contributed by atoms with Gasteiger partial charge in [0.2, 0.25) is 0 Å². The standard InChI is InChI=1S/C27H29FN6O5S.C27H27FN6O5S.C25H28FN5O5S.C2H2BrN/c2*1-15(2)11-21(36)27(4,5)33-23(37)22-16(3)24(34-30-9-10-31-34)40-25(22)32(26(33)38)13-19(35)18-12-17(28)7-8-20(18)39-14-29-6;1-13(2)10-19(34)25(4,5)30-21(35)20-14(3)22(31-27-8-9-28-31)37-23(20)29(24(30)36)12-18(33)16-11-15(26)6-7-17(16)32;3-1-2-4/h7-10,12,15,19,35H,11,13-14H2,1-5H3;7-10,12,15H,11,13-14H2,1-5H3;6-9,11,13,18,32-33H,10,12H2,1-5H3;1H2/t19-;;18-;/m0.0./s1. The molecular weight excluding hydrogens is 1700 g/mol. The van der Waals surface area contributed by atoms with Crippen LogP contribution in [0.2, 0.25) is 0 Å². The lowest BCUT2D eigenvalue weighted by atomic mass is 9.91. The van der Waals surface area contributed by atoms with Crippen molar-refractivity contribution in [3.05, 3.63) is 228 Å². The molecule has 0 aliphatic carbocycles. The number of aromatic hydroxyl groups is 1. The normalized spacial score (nSPS) is 12.1. The molecule has 0 aliphatic rings. The van der Waals surface area contributed by atoms with Crippen LogP contribution < -0.4 is 43.2 Å². The molecule has 0 saturated carbocycles. The Morgan fingerprint density at radius 1 is 0.512 bits per heavy atom. The number of nitriles is 1. The fourth-order valence-electron chi connectivity index (χ4n) is 13.2. The monoisotopic (exact) mass is 1780 g/mol. The van der Waals surface area contributed by atoms with Crippen LogP contribution in [0.4, 0.5) is 13.2 Å². The van der Waals surface area contributed by atoms with Crippen LogP contribution in [-0.2, 0) is 50.6 Å². The number of carbonyl (C=O) groups excluding carboxylic acids is 4. The Morgan fingerprint density at radius 3 is 1.17 bits per heavy atom. The smallest absolute Gasteiger partial charge is 0.357 e. The number of aromatic nitrogens is 15. The number of alkyl halides is 1. The van der Waals surface area contributed by atoms with Gasteiger partial charge in [-0.3, -0.25) is 57.0 Å². The zero-order chi connectivity index (χ0) is 89.4. The molecule has 0 aliphatic heterocycles. The van der Waals surface area contributed by atoms with E-state index in [9.17, 15) is 76.4 Å². The number of ether oxygens (including phenoxy) is 2. The Kier molecular flexibility index (Phi) is 29.4. The van der Waals surface area contributed by atoms with Gasteiger partial charge in [0, 0.05) is 47.1 Å². The predicted molar refractivity (Wildman–Crippen MR) is 450 cm³/mol. The number of aliphatic hydroxyl groups is 2. The van der Waals surface area contributed by atoms with Crippen molar-refractivity contribution in [2.24, 2.45) is 17.8 Å². The second kappa shape index (κ2) is 38.4. The van der Waals surface area contributed by atoms with Crippen molar-refractivity contribution in [2.75, 3.05) is 18.8 Å². The van der Waals surface area contributed by atoms with Crippen LogP contribution >= 0.6 is 49.9 Å². The Bertz CT molecular complexity index is 6450. The number of rotatable bonds is 28. The number of hydrogen-bond donors (Lipinski definition) is 3. The SMILES string of the molecule is Cc1c(-n2nccn2)sc2c1c(=O)n(C(C)(C)C(=O)CC(C)C)c(=O)n2C[C@H](O)c1cc(F)ccc1O.N#CCBr.[C-]#[N+]COc1ccc(F)cc1C(=O)Cn1c(=O)n(C(C)(C)C(=O)CC(C)C)c(=O)c2c(C)c(-n3nccn3)sc21.[C-]#[N+]COc1ccc(F)cc1[C@@H](O)Cn1c(=O)n(C(C)(C)C(=O)CC(C)C)c(=O)c2c(C)c(-n3nccn3)sc21. The number of benzene rings is 3. The first-order valence-corrected chi connectivity index (χ1v) is 41.0. The molecule has 9 aromatic heterocycles. The largest absolute Gasteiger partial charge is 0.508 e. The Hall–Kier alpha value is -12.3. The van der Waals surface area contributed by atoms with Crippen molar-refractivity contribution >= 4 is 104 Å². The van der Waals surface area contributed by atoms with E-state index in [1.54, 1.807) is 20.8 Å². The Labute approximate surface area is 708 Å². The van der Waals surface area contributed by atoms with Gasteiger partial charge < -0.3 is 24.8 Å². The number of aryl methyl sites for hydroxylation is 3. The highest BCUT2D eigenvalue weighted by Gasteiger charge is 2.40. The van der Waals surface area contributed by atoms with E-state index in [-0.39, 0.29) is 126 Å². The van der Waals surface area contributed by atoms with Gasteiger partial charge >= 0.3 is 30.5 Å². The first-order chi connectivity index (χ1) is 57.0. The zero-order valence-corrected chi connectivity index (χ0v) is 72.5. The summed E-state index contributed by atoms with van der Waals surface area (Å²) in [7, 11) is 0. The first-order valence-electron chi connectivity index (χ1n) is 37.4. The molecule has 0 spiro atoms. The molecule has 0 fully saturated rings. The first kappa shape index (κ1) is 92.6. The van der Waals surface area contributed by atoms with Gasteiger partial charge in [0.05, 0.1) is 89.9 Å². The lowest BCUT2D eigenvalue weighted by Gasteiger charge is -2.27. The number of thiophene rings is 3. The van der Waals surface area contributed by atoms with Crippen molar-refractivity contribution in [3.63, 3.8) is 0 Å². The molecule has 0 saturated heterocycles. The van der Waals surface area contributed by atoms with Gasteiger partial charge in [-0.25, -0.2) is 54.4 Å². The average Bonchev–Trinajstić information content (AvgIpc) is 1.71. The molecule has 121 heavy (non-hydrogen) atoms. The number of aliphatic hydroxyl groups excluding tert-OH is 2. The Balaban J connectivity index is 0.000000202. The third-order valence-corrected chi connectivity index (χ3v) is 23.5. The van der Waals surface area contributed by atoms with Crippen LogP contribution in [0.15, 0.2) is 121 Å². The zero-order valence-electron chi connectivity index (χ0n) is 68.4. The molecule has 0 radical (unpaired) electrons. The maximum atomic E-state index is 14.2. The molecule has 40 heteroatoms. The molecule has 33 nitrogen and oxygen atoms in total. The van der Waals surface area contributed by atoms with Gasteiger partial charge in [-0.1, -0.05) is 91.5 Å². The van der Waals surface area contributed by atoms with Crippen molar-refractivity contribution < 1.29 is 57.1 Å². The summed E-state index contributed by atoms with van der Waals surface area (Å²) >= 11 is 6.08. The fourth-order valence-corrected chi connectivity index (χ4v) is 16.9. The number of fused-ring (bicyclic) bond motifs is 3. The van der Waals surface area contributed by atoms with Gasteiger partial charge in [-0.05, 0) is 135 Å².